The second-order valence-corrected chi connectivity index (χ2v) is 2.75. The van der Waals surface area contributed by atoms with Gasteiger partial charge in [0.15, 0.2) is 0 Å². The van der Waals surface area contributed by atoms with Gasteiger partial charge in [0.1, 0.15) is 0 Å². The summed E-state index contributed by atoms with van der Waals surface area (Å²) in [5.74, 6) is -1.65. The van der Waals surface area contributed by atoms with Crippen molar-refractivity contribution in [3.63, 3.8) is 0 Å². The average Bonchev–Trinajstić information content (AvgIpc) is 2.62. The highest BCUT2D eigenvalue weighted by molar-refractivity contribution is 6.02. The first-order chi connectivity index (χ1) is 7.11. The molecule has 0 aliphatic heterocycles. The molecule has 1 aromatic rings. The van der Waals surface area contributed by atoms with Crippen LogP contribution in [0.4, 0.5) is 5.69 Å². The molecule has 15 heavy (non-hydrogen) atoms. The first kappa shape index (κ1) is 11.0. The van der Waals surface area contributed by atoms with Crippen molar-refractivity contribution in [3.8, 4) is 0 Å². The quantitative estimate of drug-likeness (QED) is 0.706. The van der Waals surface area contributed by atoms with E-state index >= 15 is 0 Å². The van der Waals surface area contributed by atoms with Crippen molar-refractivity contribution in [2.24, 2.45) is 0 Å². The number of aryl methyl sites for hydroxylation is 1. The first-order valence-electron chi connectivity index (χ1n) is 4.36. The molecule has 0 atom stereocenters. The number of hydrogen-bond donors (Lipinski definition) is 2. The third-order valence-electron chi connectivity index (χ3n) is 1.60. The van der Waals surface area contributed by atoms with Crippen LogP contribution in [0.2, 0.25) is 0 Å². The number of hydrogen-bond acceptors (Lipinski definition) is 3. The Hall–Kier alpha value is -2.11. The Morgan fingerprint density at radius 2 is 2.33 bits per heavy atom. The van der Waals surface area contributed by atoms with Crippen molar-refractivity contribution in [2.45, 2.75) is 13.5 Å². The first-order valence-corrected chi connectivity index (χ1v) is 4.36. The molecule has 6 nitrogen and oxygen atoms in total. The van der Waals surface area contributed by atoms with Crippen LogP contribution in [0.15, 0.2) is 24.5 Å². The van der Waals surface area contributed by atoms with E-state index in [1.807, 2.05) is 6.92 Å². The van der Waals surface area contributed by atoms with Gasteiger partial charge in [0, 0.05) is 24.9 Å². The number of rotatable bonds is 4. The van der Waals surface area contributed by atoms with Gasteiger partial charge >= 0.3 is 5.97 Å². The topological polar surface area (TPSA) is 84.2 Å². The van der Waals surface area contributed by atoms with Crippen LogP contribution < -0.4 is 5.32 Å². The lowest BCUT2D eigenvalue weighted by atomic mass is 10.4. The standard InChI is InChI=1S/C9H11N3O3/c1-2-12-6-7(5-10-12)11-8(13)3-4-9(14)15/h3-6H,2H2,1H3,(H,11,13)(H,14,15). The molecule has 1 heterocycles. The lowest BCUT2D eigenvalue weighted by Crippen LogP contribution is -2.08. The third kappa shape index (κ3) is 3.63. The van der Waals surface area contributed by atoms with Crippen molar-refractivity contribution >= 4 is 17.6 Å². The zero-order chi connectivity index (χ0) is 11.3. The lowest BCUT2D eigenvalue weighted by Gasteiger charge is -1.95. The highest BCUT2D eigenvalue weighted by Gasteiger charge is 2.00. The summed E-state index contributed by atoms with van der Waals surface area (Å²) in [7, 11) is 0. The SMILES string of the molecule is CCn1cc(NC(=O)C=CC(=O)O)cn1. The molecule has 1 aromatic heterocycles. The van der Waals surface area contributed by atoms with E-state index in [9.17, 15) is 9.59 Å². The molecule has 0 aromatic carbocycles. The van der Waals surface area contributed by atoms with Gasteiger partial charge in [0.05, 0.1) is 11.9 Å². The predicted octanol–water partition coefficient (Wildman–Crippen LogP) is 0.482. The molecule has 0 bridgehead atoms. The largest absolute Gasteiger partial charge is 0.478 e. The molecule has 1 rings (SSSR count). The number of carbonyl (C=O) groups excluding carboxylic acids is 1. The van der Waals surface area contributed by atoms with Crippen LogP contribution in [0.1, 0.15) is 6.92 Å². The Morgan fingerprint density at radius 3 is 2.87 bits per heavy atom. The van der Waals surface area contributed by atoms with E-state index in [1.165, 1.54) is 6.20 Å². The summed E-state index contributed by atoms with van der Waals surface area (Å²) in [4.78, 5) is 21.2. The molecule has 0 saturated heterocycles. The minimum absolute atomic E-state index is 0.493. The van der Waals surface area contributed by atoms with Crippen LogP contribution >= 0.6 is 0 Å². The number of aliphatic carboxylic acids is 1. The van der Waals surface area contributed by atoms with E-state index in [1.54, 1.807) is 10.9 Å². The molecular weight excluding hydrogens is 198 g/mol. The smallest absolute Gasteiger partial charge is 0.328 e. The van der Waals surface area contributed by atoms with Crippen LogP contribution in [0, 0.1) is 0 Å². The molecule has 0 unspecified atom stereocenters. The summed E-state index contributed by atoms with van der Waals surface area (Å²) in [6.45, 7) is 2.63. The van der Waals surface area contributed by atoms with Gasteiger partial charge in [-0.25, -0.2) is 4.79 Å². The van der Waals surface area contributed by atoms with Crippen LogP contribution in [0.25, 0.3) is 0 Å². The summed E-state index contributed by atoms with van der Waals surface area (Å²) in [6, 6.07) is 0. The number of anilines is 1. The van der Waals surface area contributed by atoms with Crippen molar-refractivity contribution in [1.82, 2.24) is 9.78 Å². The monoisotopic (exact) mass is 209 g/mol. The fraction of sp³-hybridized carbons (Fsp3) is 0.222. The molecule has 1 amide bonds. The number of carboxylic acids is 1. The maximum absolute atomic E-state index is 11.1. The maximum atomic E-state index is 11.1. The summed E-state index contributed by atoms with van der Waals surface area (Å²) < 4.78 is 1.65. The Balaban J connectivity index is 2.54. The Labute approximate surface area is 86.2 Å². The number of aromatic nitrogens is 2. The Kier molecular flexibility index (Phi) is 3.61. The van der Waals surface area contributed by atoms with Crippen molar-refractivity contribution < 1.29 is 14.7 Å². The Morgan fingerprint density at radius 1 is 1.60 bits per heavy atom. The minimum atomic E-state index is -1.16. The molecule has 0 fully saturated rings. The van der Waals surface area contributed by atoms with Crippen molar-refractivity contribution in [3.05, 3.63) is 24.5 Å². The van der Waals surface area contributed by atoms with Gasteiger partial charge in [0.2, 0.25) is 5.91 Å². The fourth-order valence-corrected chi connectivity index (χ4v) is 0.932. The summed E-state index contributed by atoms with van der Waals surface area (Å²) in [6.07, 6.45) is 4.88. The number of nitrogens with zero attached hydrogens (tertiary/aromatic N) is 2. The van der Waals surface area contributed by atoms with Gasteiger partial charge in [-0.1, -0.05) is 0 Å². The second kappa shape index (κ2) is 4.94. The van der Waals surface area contributed by atoms with Crippen molar-refractivity contribution in [1.29, 1.82) is 0 Å². The average molecular weight is 209 g/mol. The molecule has 0 aliphatic rings. The molecule has 6 heteroatoms. The van der Waals surface area contributed by atoms with Crippen LogP contribution in [0.5, 0.6) is 0 Å². The molecule has 80 valence electrons. The summed E-state index contributed by atoms with van der Waals surface area (Å²) >= 11 is 0. The lowest BCUT2D eigenvalue weighted by molar-refractivity contribution is -0.131. The number of carboxylic acid groups (broad SMARTS) is 1. The van der Waals surface area contributed by atoms with Gasteiger partial charge in [-0.05, 0) is 6.92 Å². The molecule has 0 radical (unpaired) electrons. The van der Waals surface area contributed by atoms with E-state index < -0.39 is 11.9 Å². The third-order valence-corrected chi connectivity index (χ3v) is 1.60. The van der Waals surface area contributed by atoms with Crippen LogP contribution in [-0.4, -0.2) is 26.8 Å². The van der Waals surface area contributed by atoms with E-state index in [4.69, 9.17) is 5.11 Å². The van der Waals surface area contributed by atoms with Gasteiger partial charge < -0.3 is 10.4 Å². The van der Waals surface area contributed by atoms with Crippen LogP contribution in [-0.2, 0) is 16.1 Å². The highest BCUT2D eigenvalue weighted by Crippen LogP contribution is 2.04. The van der Waals surface area contributed by atoms with E-state index in [-0.39, 0.29) is 0 Å². The van der Waals surface area contributed by atoms with Crippen LogP contribution in [0.3, 0.4) is 0 Å². The van der Waals surface area contributed by atoms with Crippen molar-refractivity contribution in [2.75, 3.05) is 5.32 Å². The maximum Gasteiger partial charge on any atom is 0.328 e. The predicted molar refractivity (Wildman–Crippen MR) is 53.3 cm³/mol. The molecule has 0 saturated carbocycles. The molecule has 2 N–H and O–H groups in total. The number of amides is 1. The summed E-state index contributed by atoms with van der Waals surface area (Å²) in [5.41, 5.74) is 0.539. The van der Waals surface area contributed by atoms with Gasteiger partial charge in [-0.15, -0.1) is 0 Å². The molecule has 0 aliphatic carbocycles. The molecular formula is C9H11N3O3. The van der Waals surface area contributed by atoms with E-state index in [2.05, 4.69) is 10.4 Å². The summed E-state index contributed by atoms with van der Waals surface area (Å²) in [5, 5.41) is 14.7. The van der Waals surface area contributed by atoms with Gasteiger partial charge in [-0.2, -0.15) is 5.10 Å². The van der Waals surface area contributed by atoms with Gasteiger partial charge in [-0.3, -0.25) is 9.48 Å². The highest BCUT2D eigenvalue weighted by atomic mass is 16.4. The van der Waals surface area contributed by atoms with E-state index in [0.29, 0.717) is 12.2 Å². The zero-order valence-electron chi connectivity index (χ0n) is 8.17. The molecule has 0 spiro atoms. The minimum Gasteiger partial charge on any atom is -0.478 e. The second-order valence-electron chi connectivity index (χ2n) is 2.75. The normalized spacial score (nSPS) is 10.5. The number of carbonyl (C=O) groups is 2. The van der Waals surface area contributed by atoms with E-state index in [0.717, 1.165) is 12.2 Å². The number of nitrogens with one attached hydrogen (secondary N) is 1. The van der Waals surface area contributed by atoms with Gasteiger partial charge in [0.25, 0.3) is 0 Å². The Bertz CT molecular complexity index is 395. The fourth-order valence-electron chi connectivity index (χ4n) is 0.932. The zero-order valence-corrected chi connectivity index (χ0v) is 8.17.